The van der Waals surface area contributed by atoms with Gasteiger partial charge in [0.15, 0.2) is 0 Å². The first-order valence-electron chi connectivity index (χ1n) is 6.84. The zero-order chi connectivity index (χ0) is 13.5. The molecule has 0 aromatic heterocycles. The summed E-state index contributed by atoms with van der Waals surface area (Å²) in [5.74, 6) is 1.25. The van der Waals surface area contributed by atoms with Crippen LogP contribution in [0.1, 0.15) is 26.2 Å². The topological polar surface area (TPSA) is 50.7 Å². The lowest BCUT2D eigenvalue weighted by Crippen LogP contribution is -2.31. The molecule has 0 radical (unpaired) electrons. The number of hydrogen-bond acceptors (Lipinski definition) is 5. The van der Waals surface area contributed by atoms with Crippen LogP contribution in [-0.2, 0) is 9.47 Å². The lowest BCUT2D eigenvalue weighted by molar-refractivity contribution is 0.00655. The lowest BCUT2D eigenvalue weighted by atomic mass is 10.2. The van der Waals surface area contributed by atoms with E-state index in [-0.39, 0.29) is 0 Å². The molecule has 0 aromatic carbocycles. The second-order valence-corrected chi connectivity index (χ2v) is 5.17. The minimum atomic E-state index is -0.419. The Morgan fingerprint density at radius 1 is 1.17 bits per heavy atom. The number of ether oxygens (including phenoxy) is 2. The van der Waals surface area contributed by atoms with Gasteiger partial charge in [0.05, 0.1) is 25.9 Å². The first-order chi connectivity index (χ1) is 8.81. The second-order valence-electron chi connectivity index (χ2n) is 4.18. The maximum absolute atomic E-state index is 9.61. The summed E-state index contributed by atoms with van der Waals surface area (Å²) in [6, 6.07) is 0. The van der Waals surface area contributed by atoms with E-state index in [2.05, 4.69) is 11.6 Å². The third-order valence-corrected chi connectivity index (χ3v) is 3.17. The molecule has 0 aliphatic heterocycles. The van der Waals surface area contributed by atoms with E-state index >= 15 is 0 Å². The molecule has 2 N–H and O–H groups in total. The lowest BCUT2D eigenvalue weighted by Gasteiger charge is -2.12. The summed E-state index contributed by atoms with van der Waals surface area (Å²) in [6.07, 6.45) is 5.44. The third kappa shape index (κ3) is 14.3. The van der Waals surface area contributed by atoms with Gasteiger partial charge in [-0.3, -0.25) is 0 Å². The molecule has 0 rings (SSSR count). The molecule has 1 unspecified atom stereocenters. The highest BCUT2D eigenvalue weighted by Crippen LogP contribution is 2.01. The maximum atomic E-state index is 9.61. The molecule has 0 amide bonds. The minimum Gasteiger partial charge on any atom is -0.389 e. The number of hydrogen-bond donors (Lipinski definition) is 2. The fourth-order valence-corrected chi connectivity index (χ4v) is 1.98. The third-order valence-electron chi connectivity index (χ3n) is 2.47. The highest BCUT2D eigenvalue weighted by Gasteiger charge is 2.03. The number of thioether (sulfide) groups is 1. The normalized spacial score (nSPS) is 12.8. The van der Waals surface area contributed by atoms with Crippen molar-refractivity contribution in [2.75, 3.05) is 51.5 Å². The van der Waals surface area contributed by atoms with Crippen LogP contribution in [0.15, 0.2) is 0 Å². The van der Waals surface area contributed by atoms with Crippen LogP contribution in [0.3, 0.4) is 0 Å². The predicted molar refractivity (Wildman–Crippen MR) is 78.4 cm³/mol. The summed E-state index contributed by atoms with van der Waals surface area (Å²) in [6.45, 7) is 5.79. The monoisotopic (exact) mass is 279 g/mol. The van der Waals surface area contributed by atoms with Gasteiger partial charge in [0.1, 0.15) is 0 Å². The van der Waals surface area contributed by atoms with Crippen LogP contribution in [-0.4, -0.2) is 62.7 Å². The van der Waals surface area contributed by atoms with Crippen molar-refractivity contribution in [3.05, 3.63) is 0 Å². The van der Waals surface area contributed by atoms with Crippen molar-refractivity contribution in [2.24, 2.45) is 0 Å². The van der Waals surface area contributed by atoms with Crippen LogP contribution in [0.4, 0.5) is 0 Å². The average molecular weight is 279 g/mol. The van der Waals surface area contributed by atoms with E-state index in [0.717, 1.165) is 6.54 Å². The van der Waals surface area contributed by atoms with E-state index in [9.17, 15) is 5.11 Å². The molecule has 5 heteroatoms. The second kappa shape index (κ2) is 15.2. The molecule has 0 saturated carbocycles. The summed E-state index contributed by atoms with van der Waals surface area (Å²) in [5.41, 5.74) is 0. The first kappa shape index (κ1) is 18.2. The number of aliphatic hydroxyl groups excluding tert-OH is 1. The maximum Gasteiger partial charge on any atom is 0.0897 e. The fraction of sp³-hybridized carbons (Fsp3) is 1.00. The van der Waals surface area contributed by atoms with E-state index in [1.165, 1.54) is 25.0 Å². The molecule has 18 heavy (non-hydrogen) atoms. The van der Waals surface area contributed by atoms with Gasteiger partial charge in [0.2, 0.25) is 0 Å². The molecule has 110 valence electrons. The molecule has 0 bridgehead atoms. The van der Waals surface area contributed by atoms with E-state index < -0.39 is 6.10 Å². The highest BCUT2D eigenvalue weighted by atomic mass is 32.2. The molecule has 0 spiro atoms. The van der Waals surface area contributed by atoms with Crippen molar-refractivity contribution < 1.29 is 14.6 Å². The van der Waals surface area contributed by atoms with Crippen molar-refractivity contribution in [1.29, 1.82) is 0 Å². The Hall–Kier alpha value is 0.190. The molecule has 0 saturated heterocycles. The molecule has 0 aliphatic carbocycles. The molecule has 4 nitrogen and oxygen atoms in total. The van der Waals surface area contributed by atoms with Gasteiger partial charge >= 0.3 is 0 Å². The smallest absolute Gasteiger partial charge is 0.0897 e. The minimum absolute atomic E-state index is 0.381. The van der Waals surface area contributed by atoms with Gasteiger partial charge in [0, 0.05) is 13.2 Å². The largest absolute Gasteiger partial charge is 0.389 e. The van der Waals surface area contributed by atoms with Crippen molar-refractivity contribution in [3.63, 3.8) is 0 Å². The molecular weight excluding hydrogens is 250 g/mol. The zero-order valence-electron chi connectivity index (χ0n) is 11.8. The van der Waals surface area contributed by atoms with Gasteiger partial charge in [-0.15, -0.1) is 0 Å². The molecule has 0 aromatic rings. The average Bonchev–Trinajstić information content (AvgIpc) is 2.37. The van der Waals surface area contributed by atoms with Gasteiger partial charge in [-0.1, -0.05) is 6.42 Å². The van der Waals surface area contributed by atoms with Crippen LogP contribution in [0.2, 0.25) is 0 Å². The fourth-order valence-electron chi connectivity index (χ4n) is 1.48. The molecule has 0 fully saturated rings. The van der Waals surface area contributed by atoms with E-state index in [0.29, 0.717) is 33.0 Å². The van der Waals surface area contributed by atoms with Crippen molar-refractivity contribution in [2.45, 2.75) is 32.3 Å². The van der Waals surface area contributed by atoms with Crippen LogP contribution in [0.5, 0.6) is 0 Å². The Morgan fingerprint density at radius 2 is 1.94 bits per heavy atom. The van der Waals surface area contributed by atoms with E-state index in [4.69, 9.17) is 9.47 Å². The molecular formula is C13H29NO3S. The van der Waals surface area contributed by atoms with Crippen molar-refractivity contribution in [3.8, 4) is 0 Å². The van der Waals surface area contributed by atoms with E-state index in [1.54, 1.807) is 0 Å². The number of rotatable bonds is 14. The summed E-state index contributed by atoms with van der Waals surface area (Å²) < 4.78 is 10.4. The highest BCUT2D eigenvalue weighted by molar-refractivity contribution is 7.98. The number of aliphatic hydroxyl groups is 1. The molecule has 1 atom stereocenters. The van der Waals surface area contributed by atoms with Crippen molar-refractivity contribution in [1.82, 2.24) is 5.32 Å². The summed E-state index contributed by atoms with van der Waals surface area (Å²) in [4.78, 5) is 0. The SMILES string of the molecule is CCOCCOCC(O)CNCCCCCSC. The van der Waals surface area contributed by atoms with Gasteiger partial charge in [-0.25, -0.2) is 0 Å². The van der Waals surface area contributed by atoms with Crippen LogP contribution in [0, 0.1) is 0 Å². The number of nitrogens with one attached hydrogen (secondary N) is 1. The standard InChI is InChI=1S/C13H29NO3S/c1-3-16-8-9-17-12-13(15)11-14-7-5-4-6-10-18-2/h13-15H,3-12H2,1-2H3. The zero-order valence-corrected chi connectivity index (χ0v) is 12.6. The number of unbranched alkanes of at least 4 members (excludes halogenated alkanes) is 2. The van der Waals surface area contributed by atoms with Gasteiger partial charge in [-0.2, -0.15) is 11.8 Å². The summed E-state index contributed by atoms with van der Waals surface area (Å²) >= 11 is 1.90. The van der Waals surface area contributed by atoms with Gasteiger partial charge in [0.25, 0.3) is 0 Å². The van der Waals surface area contributed by atoms with E-state index in [1.807, 2.05) is 18.7 Å². The van der Waals surface area contributed by atoms with Gasteiger partial charge < -0.3 is 19.9 Å². The van der Waals surface area contributed by atoms with Crippen LogP contribution in [0.25, 0.3) is 0 Å². The Balaban J connectivity index is 3.09. The van der Waals surface area contributed by atoms with Crippen molar-refractivity contribution >= 4 is 11.8 Å². The van der Waals surface area contributed by atoms with Crippen LogP contribution >= 0.6 is 11.8 Å². The Morgan fingerprint density at radius 3 is 2.67 bits per heavy atom. The Kier molecular flexibility index (Phi) is 15.4. The quantitative estimate of drug-likeness (QED) is 0.472. The summed E-state index contributed by atoms with van der Waals surface area (Å²) in [7, 11) is 0. The molecule has 0 heterocycles. The predicted octanol–water partition coefficient (Wildman–Crippen LogP) is 1.52. The molecule has 0 aliphatic rings. The summed E-state index contributed by atoms with van der Waals surface area (Å²) in [5, 5.41) is 12.9. The Labute approximate surface area is 116 Å². The van der Waals surface area contributed by atoms with Crippen LogP contribution < -0.4 is 5.32 Å². The Bertz CT molecular complexity index is 161. The van der Waals surface area contributed by atoms with Gasteiger partial charge in [-0.05, 0) is 38.3 Å². The first-order valence-corrected chi connectivity index (χ1v) is 8.23.